The van der Waals surface area contributed by atoms with Crippen LogP contribution in [0.2, 0.25) is 10.0 Å². The molecule has 2 aliphatic carbocycles. The Bertz CT molecular complexity index is 1510. The molecule has 0 unspecified atom stereocenters. The van der Waals surface area contributed by atoms with E-state index < -0.39 is 40.4 Å². The van der Waals surface area contributed by atoms with Crippen LogP contribution in [-0.2, 0) is 20.0 Å². The molecule has 0 spiro atoms. The molecule has 3 aromatic rings. The average molecular weight is 617 g/mol. The molecule has 0 radical (unpaired) electrons. The highest BCUT2D eigenvalue weighted by molar-refractivity contribution is 7.91. The van der Waals surface area contributed by atoms with Gasteiger partial charge in [-0.1, -0.05) is 30.1 Å². The van der Waals surface area contributed by atoms with Gasteiger partial charge in [0, 0.05) is 32.9 Å². The fourth-order valence-corrected chi connectivity index (χ4v) is 6.31. The lowest BCUT2D eigenvalue weighted by molar-refractivity contribution is -0.122. The van der Waals surface area contributed by atoms with Crippen LogP contribution >= 0.6 is 23.2 Å². The minimum atomic E-state index is -4.62. The molecule has 1 N–H and O–H groups in total. The Morgan fingerprint density at radius 3 is 2.27 bits per heavy atom. The number of anilines is 2. The lowest BCUT2D eigenvalue weighted by atomic mass is 9.95. The lowest BCUT2D eigenvalue weighted by Gasteiger charge is -2.26. The van der Waals surface area contributed by atoms with Crippen molar-refractivity contribution < 1.29 is 30.8 Å². The predicted octanol–water partition coefficient (Wildman–Crippen LogP) is 6.13. The van der Waals surface area contributed by atoms with E-state index in [9.17, 15) is 26.4 Å². The van der Waals surface area contributed by atoms with Gasteiger partial charge in [0.15, 0.2) is 9.84 Å². The molecule has 14 heteroatoms. The van der Waals surface area contributed by atoms with Crippen LogP contribution in [0.4, 0.5) is 24.5 Å². The number of nitrogens with zero attached hydrogens (tertiary/aromatic N) is 3. The number of nitrogens with one attached hydrogen (secondary N) is 1. The molecule has 1 heterocycles. The zero-order valence-electron chi connectivity index (χ0n) is 21.3. The summed E-state index contributed by atoms with van der Waals surface area (Å²) in [5, 5.41) is 11.4. The third-order valence-corrected chi connectivity index (χ3v) is 9.32. The van der Waals surface area contributed by atoms with Gasteiger partial charge >= 0.3 is 6.18 Å². The Morgan fingerprint density at radius 1 is 1.12 bits per heavy atom. The number of halogens is 5. The van der Waals surface area contributed by atoms with Gasteiger partial charge in [-0.05, 0) is 62.1 Å². The van der Waals surface area contributed by atoms with Gasteiger partial charge in [-0.15, -0.1) is 10.2 Å². The van der Waals surface area contributed by atoms with Crippen LogP contribution in [0.1, 0.15) is 55.9 Å². The molecule has 0 atom stereocenters. The number of rotatable bonds is 10. The van der Waals surface area contributed by atoms with E-state index in [4.69, 9.17) is 27.6 Å². The Morgan fingerprint density at radius 2 is 1.75 bits per heavy atom. The van der Waals surface area contributed by atoms with Gasteiger partial charge in [0.25, 0.3) is 0 Å². The monoisotopic (exact) mass is 616 g/mol. The Hall–Kier alpha value is -2.83. The van der Waals surface area contributed by atoms with Gasteiger partial charge in [-0.3, -0.25) is 4.79 Å². The van der Waals surface area contributed by atoms with Crippen molar-refractivity contribution in [3.63, 3.8) is 0 Å². The zero-order valence-corrected chi connectivity index (χ0v) is 23.6. The molecule has 2 saturated carbocycles. The van der Waals surface area contributed by atoms with Gasteiger partial charge in [-0.2, -0.15) is 13.2 Å². The maximum absolute atomic E-state index is 13.3. The van der Waals surface area contributed by atoms with Crippen molar-refractivity contribution in [2.45, 2.75) is 55.0 Å². The quantitative estimate of drug-likeness (QED) is 0.292. The molecule has 0 saturated heterocycles. The van der Waals surface area contributed by atoms with Crippen molar-refractivity contribution in [2.24, 2.45) is 0 Å². The number of hydrogen-bond donors (Lipinski definition) is 1. The normalized spacial score (nSPS) is 16.6. The fraction of sp³-hybridized carbons (Fsp3) is 0.423. The summed E-state index contributed by atoms with van der Waals surface area (Å²) in [5.74, 6) is 0.432. The first-order valence-electron chi connectivity index (χ1n) is 12.6. The lowest BCUT2D eigenvalue weighted by Crippen LogP contribution is -2.39. The first-order valence-corrected chi connectivity index (χ1v) is 15.0. The third kappa shape index (κ3) is 6.08. The number of hydrogen-bond acceptors (Lipinski definition) is 7. The van der Waals surface area contributed by atoms with Crippen LogP contribution in [0.25, 0.3) is 0 Å². The predicted molar refractivity (Wildman–Crippen MR) is 144 cm³/mol. The molecule has 40 heavy (non-hydrogen) atoms. The molecule has 2 aliphatic rings. The van der Waals surface area contributed by atoms with Crippen LogP contribution in [-0.4, -0.2) is 49.5 Å². The average Bonchev–Trinajstić information content (AvgIpc) is 3.82. The first-order chi connectivity index (χ1) is 18.8. The van der Waals surface area contributed by atoms with Gasteiger partial charge < -0.3 is 14.6 Å². The van der Waals surface area contributed by atoms with Crippen molar-refractivity contribution in [2.75, 3.05) is 29.1 Å². The summed E-state index contributed by atoms with van der Waals surface area (Å²) in [6, 6.07) is 7.89. The van der Waals surface area contributed by atoms with Crippen LogP contribution < -0.4 is 10.2 Å². The topological polar surface area (TPSA) is 105 Å². The van der Waals surface area contributed by atoms with E-state index in [1.54, 1.807) is 0 Å². The molecule has 0 bridgehead atoms. The highest BCUT2D eigenvalue weighted by atomic mass is 35.5. The Labute approximate surface area is 238 Å². The van der Waals surface area contributed by atoms with Gasteiger partial charge in [0.05, 0.1) is 22.6 Å². The number of aromatic nitrogens is 2. The van der Waals surface area contributed by atoms with Gasteiger partial charge in [0.1, 0.15) is 6.54 Å². The summed E-state index contributed by atoms with van der Waals surface area (Å²) < 4.78 is 70.0. The maximum Gasteiger partial charge on any atom is 0.405 e. The summed E-state index contributed by atoms with van der Waals surface area (Å²) in [4.78, 5) is 13.6. The Kier molecular flexibility index (Phi) is 7.56. The maximum atomic E-state index is 13.3. The molecular weight excluding hydrogens is 592 g/mol. The summed E-state index contributed by atoms with van der Waals surface area (Å²) in [6.45, 7) is -0.614. The highest BCUT2D eigenvalue weighted by Crippen LogP contribution is 2.57. The first kappa shape index (κ1) is 28.7. The summed E-state index contributed by atoms with van der Waals surface area (Å²) in [7, 11) is -3.53. The van der Waals surface area contributed by atoms with E-state index in [-0.39, 0.29) is 32.1 Å². The van der Waals surface area contributed by atoms with E-state index in [2.05, 4.69) is 15.5 Å². The third-order valence-electron chi connectivity index (χ3n) is 6.98. The molecule has 8 nitrogen and oxygen atoms in total. The zero-order chi connectivity index (χ0) is 28.9. The molecule has 1 amide bonds. The van der Waals surface area contributed by atoms with E-state index >= 15 is 0 Å². The van der Waals surface area contributed by atoms with Crippen molar-refractivity contribution >= 4 is 50.3 Å². The minimum Gasteiger partial charge on any atom is -0.424 e. The standard InChI is InChI=1S/C26H25Cl2F3N4O4S/c1-2-40(37,38)18-7-5-17(6-8-18)35(14-26(29,30)31)13-21(36)32-16-11-19(27)22(20(28)12-16)25(9-10-25)24-34-33-23(39-24)15-3-4-15/h5-8,11-12,15H,2-4,9-10,13-14H2,1H3,(H,32,36). The SMILES string of the molecule is CCS(=O)(=O)c1ccc(N(CC(=O)Nc2cc(Cl)c(C3(c4nnc(C5CC5)o4)CC3)c(Cl)c2)CC(F)(F)F)cc1. The second kappa shape index (κ2) is 10.5. The van der Waals surface area contributed by atoms with Crippen molar-refractivity contribution in [1.82, 2.24) is 10.2 Å². The number of sulfone groups is 1. The summed E-state index contributed by atoms with van der Waals surface area (Å²) >= 11 is 13.2. The fourth-order valence-electron chi connectivity index (χ4n) is 4.58. The largest absolute Gasteiger partial charge is 0.424 e. The van der Waals surface area contributed by atoms with Crippen LogP contribution in [0.3, 0.4) is 0 Å². The van der Waals surface area contributed by atoms with E-state index in [0.717, 1.165) is 17.7 Å². The van der Waals surface area contributed by atoms with Crippen molar-refractivity contribution in [3.05, 3.63) is 63.8 Å². The number of benzene rings is 2. The van der Waals surface area contributed by atoms with E-state index in [1.807, 2.05) is 0 Å². The Balaban J connectivity index is 1.33. The van der Waals surface area contributed by atoms with Gasteiger partial charge in [-0.25, -0.2) is 8.42 Å². The number of carbonyl (C=O) groups is 1. The molecule has 214 valence electrons. The molecular formula is C26H25Cl2F3N4O4S. The van der Waals surface area contributed by atoms with E-state index in [1.165, 1.54) is 43.3 Å². The number of alkyl halides is 3. The smallest absolute Gasteiger partial charge is 0.405 e. The second-order valence-corrected chi connectivity index (χ2v) is 13.1. The highest BCUT2D eigenvalue weighted by Gasteiger charge is 2.53. The second-order valence-electron chi connectivity index (χ2n) is 10.0. The number of amides is 1. The van der Waals surface area contributed by atoms with E-state index in [0.29, 0.717) is 36.1 Å². The summed E-state index contributed by atoms with van der Waals surface area (Å²) in [6.07, 6.45) is -1.19. The molecule has 5 rings (SSSR count). The molecule has 2 aromatic carbocycles. The van der Waals surface area contributed by atoms with Crippen LogP contribution in [0, 0.1) is 0 Å². The van der Waals surface area contributed by atoms with Gasteiger partial charge in [0.2, 0.25) is 17.7 Å². The molecule has 1 aromatic heterocycles. The van der Waals surface area contributed by atoms with Crippen molar-refractivity contribution in [3.8, 4) is 0 Å². The minimum absolute atomic E-state index is 0.0164. The van der Waals surface area contributed by atoms with Crippen LogP contribution in [0.15, 0.2) is 45.7 Å². The number of carbonyl (C=O) groups excluding carboxylic acids is 1. The van der Waals surface area contributed by atoms with Crippen molar-refractivity contribution in [1.29, 1.82) is 0 Å². The molecule has 2 fully saturated rings. The summed E-state index contributed by atoms with van der Waals surface area (Å²) in [5.41, 5.74) is 0.230. The molecule has 0 aliphatic heterocycles. The van der Waals surface area contributed by atoms with Crippen LogP contribution in [0.5, 0.6) is 0 Å².